The van der Waals surface area contributed by atoms with Crippen LogP contribution in [0.2, 0.25) is 0 Å². The number of carbonyl (C=O) groups is 2. The molecule has 1 aliphatic carbocycles. The first-order valence-electron chi connectivity index (χ1n) is 12.1. The highest BCUT2D eigenvalue weighted by atomic mass is 32.2. The van der Waals surface area contributed by atoms with Crippen LogP contribution in [-0.2, 0) is 29.9 Å². The van der Waals surface area contributed by atoms with E-state index in [2.05, 4.69) is 15.9 Å². The highest BCUT2D eigenvalue weighted by Gasteiger charge is 2.57. The molecule has 0 spiro atoms. The molecule has 1 fully saturated rings. The number of amides is 1. The van der Waals surface area contributed by atoms with Crippen molar-refractivity contribution in [1.82, 2.24) is 19.4 Å². The number of carbonyl (C=O) groups excluding carboxylic acids is 2. The lowest BCUT2D eigenvalue weighted by Gasteiger charge is -2.33. The van der Waals surface area contributed by atoms with Gasteiger partial charge in [-0.25, -0.2) is 13.1 Å². The van der Waals surface area contributed by atoms with Gasteiger partial charge in [0, 0.05) is 32.1 Å². The summed E-state index contributed by atoms with van der Waals surface area (Å²) in [5, 5.41) is 32.3. The van der Waals surface area contributed by atoms with Crippen molar-refractivity contribution in [2.75, 3.05) is 26.3 Å². The molecule has 2 aromatic rings. The van der Waals surface area contributed by atoms with Crippen molar-refractivity contribution in [3.63, 3.8) is 0 Å². The Bertz CT molecular complexity index is 1350. The maximum absolute atomic E-state index is 13.4. The smallest absolute Gasteiger partial charge is 0.272 e. The molecular weight excluding hydrogens is 498 g/mol. The first-order chi connectivity index (χ1) is 17.5. The van der Waals surface area contributed by atoms with Crippen LogP contribution in [0.4, 0.5) is 0 Å². The third-order valence-electron chi connectivity index (χ3n) is 7.19. The molecule has 11 nitrogen and oxygen atoms in total. The minimum Gasteiger partial charge on any atom is -0.394 e. The van der Waals surface area contributed by atoms with Crippen molar-refractivity contribution in [3.05, 3.63) is 52.3 Å². The summed E-state index contributed by atoms with van der Waals surface area (Å²) in [7, 11) is -2.35. The van der Waals surface area contributed by atoms with Crippen LogP contribution in [-0.4, -0.2) is 81.6 Å². The van der Waals surface area contributed by atoms with E-state index in [1.807, 2.05) is 0 Å². The average molecular weight is 530 g/mol. The van der Waals surface area contributed by atoms with Crippen LogP contribution in [0.5, 0.6) is 0 Å². The summed E-state index contributed by atoms with van der Waals surface area (Å²) in [6.07, 6.45) is 1.77. The summed E-state index contributed by atoms with van der Waals surface area (Å²) in [5.74, 6) is -0.559. The molecule has 3 N–H and O–H groups in total. The zero-order valence-electron chi connectivity index (χ0n) is 20.9. The molecule has 1 aliphatic heterocycles. The van der Waals surface area contributed by atoms with E-state index < -0.39 is 33.5 Å². The molecular formula is C25H31N5O6S. The highest BCUT2D eigenvalue weighted by Crippen LogP contribution is 2.45. The van der Waals surface area contributed by atoms with E-state index in [1.54, 1.807) is 31.3 Å². The van der Waals surface area contributed by atoms with E-state index in [0.29, 0.717) is 36.8 Å². The van der Waals surface area contributed by atoms with E-state index in [-0.39, 0.29) is 42.6 Å². The van der Waals surface area contributed by atoms with Gasteiger partial charge in [0.05, 0.1) is 30.4 Å². The maximum atomic E-state index is 13.4. The Labute approximate surface area is 215 Å². The number of sulfonamides is 1. The van der Waals surface area contributed by atoms with E-state index >= 15 is 0 Å². The van der Waals surface area contributed by atoms with Crippen LogP contribution in [0, 0.1) is 11.3 Å². The van der Waals surface area contributed by atoms with Gasteiger partial charge >= 0.3 is 0 Å². The number of aryl methyl sites for hydroxylation is 2. The van der Waals surface area contributed by atoms with Gasteiger partial charge in [-0.05, 0) is 50.3 Å². The fourth-order valence-corrected chi connectivity index (χ4v) is 6.57. The Morgan fingerprint density at radius 1 is 1.24 bits per heavy atom. The molecule has 2 aliphatic rings. The van der Waals surface area contributed by atoms with Crippen molar-refractivity contribution >= 4 is 21.7 Å². The molecule has 37 heavy (non-hydrogen) atoms. The Kier molecular flexibility index (Phi) is 7.27. The van der Waals surface area contributed by atoms with Crippen molar-refractivity contribution in [2.24, 2.45) is 7.05 Å². The van der Waals surface area contributed by atoms with Gasteiger partial charge in [-0.15, -0.1) is 0 Å². The average Bonchev–Trinajstić information content (AvgIpc) is 3.60. The van der Waals surface area contributed by atoms with Crippen molar-refractivity contribution in [1.29, 1.82) is 5.26 Å². The third kappa shape index (κ3) is 5.17. The summed E-state index contributed by atoms with van der Waals surface area (Å²) in [5.41, 5.74) is 1.18. The predicted molar refractivity (Wildman–Crippen MR) is 133 cm³/mol. The Morgan fingerprint density at radius 2 is 1.89 bits per heavy atom. The number of aliphatic hydroxyl groups excluding tert-OH is 2. The van der Waals surface area contributed by atoms with Crippen LogP contribution >= 0.6 is 0 Å². The largest absolute Gasteiger partial charge is 0.394 e. The zero-order valence-corrected chi connectivity index (χ0v) is 21.7. The Morgan fingerprint density at radius 3 is 2.46 bits per heavy atom. The second-order valence-electron chi connectivity index (χ2n) is 10.2. The number of nitrogens with zero attached hydrogens (tertiary/aromatic N) is 4. The minimum atomic E-state index is -3.95. The molecule has 2 heterocycles. The first-order valence-corrected chi connectivity index (χ1v) is 13.6. The summed E-state index contributed by atoms with van der Waals surface area (Å²) in [6, 6.07) is 9.07. The van der Waals surface area contributed by atoms with Crippen molar-refractivity contribution in [3.8, 4) is 6.07 Å². The van der Waals surface area contributed by atoms with E-state index in [4.69, 9.17) is 5.26 Å². The second-order valence-corrected chi connectivity index (χ2v) is 12.3. The fraction of sp³-hybridized carbons (Fsp3) is 0.520. The number of aromatic nitrogens is 2. The van der Waals surface area contributed by atoms with E-state index in [0.717, 1.165) is 5.56 Å². The van der Waals surface area contributed by atoms with Gasteiger partial charge in [0.25, 0.3) is 5.91 Å². The number of hydrogen-bond acceptors (Lipinski definition) is 8. The Balaban J connectivity index is 1.47. The lowest BCUT2D eigenvalue weighted by atomic mass is 9.98. The highest BCUT2D eigenvalue weighted by molar-refractivity contribution is 7.91. The standard InChI is InChI=1S/C25H31N5O6S/c1-24(15-31,16-32)28-37(35,36)25(10-11-25)14-30-12-9-19-21(27-29(2)22(19)23(30)34)20(33)8-7-17-3-5-18(13-26)6-4-17/h3-6,28,31-32H,7-12,14-16H2,1-2H3. The quantitative estimate of drug-likeness (QED) is 0.350. The number of Topliss-reactive ketones (excluding diaryl/α,β-unsaturated/α-hetero) is 1. The number of ketones is 1. The molecule has 1 aromatic carbocycles. The molecule has 0 bridgehead atoms. The van der Waals surface area contributed by atoms with Gasteiger partial charge in [0.15, 0.2) is 5.78 Å². The summed E-state index contributed by atoms with van der Waals surface area (Å²) >= 11 is 0. The van der Waals surface area contributed by atoms with Crippen LogP contribution in [0.3, 0.4) is 0 Å². The lowest BCUT2D eigenvalue weighted by Crippen LogP contribution is -2.57. The number of nitriles is 1. The molecule has 12 heteroatoms. The normalized spacial score (nSPS) is 16.8. The van der Waals surface area contributed by atoms with Gasteiger partial charge in [0.2, 0.25) is 10.0 Å². The fourth-order valence-electron chi connectivity index (χ4n) is 4.61. The van der Waals surface area contributed by atoms with Crippen LogP contribution in [0.1, 0.15) is 63.9 Å². The van der Waals surface area contributed by atoms with Crippen LogP contribution in [0.25, 0.3) is 0 Å². The number of fused-ring (bicyclic) bond motifs is 1. The zero-order chi connectivity index (χ0) is 27.0. The molecule has 0 saturated heterocycles. The second kappa shape index (κ2) is 9.98. The molecule has 1 aromatic heterocycles. The van der Waals surface area contributed by atoms with Crippen molar-refractivity contribution < 1.29 is 28.2 Å². The molecule has 0 radical (unpaired) electrons. The van der Waals surface area contributed by atoms with Gasteiger partial charge in [-0.1, -0.05) is 12.1 Å². The molecule has 0 unspecified atom stereocenters. The van der Waals surface area contributed by atoms with Gasteiger partial charge in [0.1, 0.15) is 16.1 Å². The summed E-state index contributed by atoms with van der Waals surface area (Å²) in [4.78, 5) is 27.9. The monoisotopic (exact) mass is 529 g/mol. The first kappa shape index (κ1) is 26.9. The predicted octanol–water partition coefficient (Wildman–Crippen LogP) is 0.301. The van der Waals surface area contributed by atoms with Crippen molar-refractivity contribution in [2.45, 2.75) is 49.3 Å². The molecule has 1 saturated carbocycles. The molecule has 1 amide bonds. The topological polar surface area (TPSA) is 166 Å². The third-order valence-corrected chi connectivity index (χ3v) is 9.63. The molecule has 198 valence electrons. The maximum Gasteiger partial charge on any atom is 0.272 e. The number of aliphatic hydroxyl groups is 2. The van der Waals surface area contributed by atoms with Gasteiger partial charge in [-0.2, -0.15) is 10.4 Å². The number of rotatable bonds is 11. The molecule has 4 rings (SSSR count). The number of benzene rings is 1. The van der Waals surface area contributed by atoms with Crippen LogP contribution in [0.15, 0.2) is 24.3 Å². The SMILES string of the molecule is Cn1nc(C(=O)CCc2ccc(C#N)cc2)c2c1C(=O)N(CC1(S(=O)(=O)NC(C)(CO)CO)CC1)CC2. The summed E-state index contributed by atoms with van der Waals surface area (Å²) in [6.45, 7) is 0.501. The van der Waals surface area contributed by atoms with E-state index in [9.17, 15) is 28.2 Å². The van der Waals surface area contributed by atoms with Crippen LogP contribution < -0.4 is 4.72 Å². The molecule has 0 atom stereocenters. The van der Waals surface area contributed by atoms with Gasteiger partial charge < -0.3 is 15.1 Å². The lowest BCUT2D eigenvalue weighted by molar-refractivity contribution is 0.0723. The number of nitrogens with one attached hydrogen (secondary N) is 1. The Hall–Kier alpha value is -3.11. The van der Waals surface area contributed by atoms with E-state index in [1.165, 1.54) is 16.5 Å². The summed E-state index contributed by atoms with van der Waals surface area (Å²) < 4.78 is 28.8. The van der Waals surface area contributed by atoms with Gasteiger partial charge in [-0.3, -0.25) is 14.3 Å². The number of hydrogen-bond donors (Lipinski definition) is 3. The minimum absolute atomic E-state index is 0.0271.